The van der Waals surface area contributed by atoms with Crippen molar-refractivity contribution in [2.45, 2.75) is 20.0 Å². The highest BCUT2D eigenvalue weighted by Crippen LogP contribution is 2.12. The Labute approximate surface area is 102 Å². The van der Waals surface area contributed by atoms with Crippen molar-refractivity contribution in [3.8, 4) is 5.69 Å². The van der Waals surface area contributed by atoms with Crippen LogP contribution in [0, 0.1) is 0 Å². The molecule has 1 aromatic heterocycles. The Hall–Kier alpha value is -2.21. The van der Waals surface area contributed by atoms with Crippen LogP contribution < -0.4 is 10.3 Å². The highest BCUT2D eigenvalue weighted by Gasteiger charge is 2.27. The van der Waals surface area contributed by atoms with Crippen LogP contribution in [0.5, 0.6) is 0 Å². The molecule has 18 heavy (non-hydrogen) atoms. The number of aromatic nitrogens is 2. The van der Waals surface area contributed by atoms with Crippen molar-refractivity contribution < 1.29 is 19.1 Å². The van der Waals surface area contributed by atoms with Crippen molar-refractivity contribution in [2.24, 2.45) is 0 Å². The van der Waals surface area contributed by atoms with E-state index < -0.39 is 11.7 Å². The first-order chi connectivity index (χ1) is 8.50. The van der Waals surface area contributed by atoms with Gasteiger partial charge in [-0.3, -0.25) is 9.32 Å². The third kappa shape index (κ3) is 2.10. The molecule has 0 amide bonds. The Morgan fingerprint density at radius 1 is 1.39 bits per heavy atom. The number of ketones is 1. The lowest BCUT2D eigenvalue weighted by atomic mass is 10.1. The number of nitrogens with zero attached hydrogens (tertiary/aromatic N) is 1. The molecule has 0 bridgehead atoms. The van der Waals surface area contributed by atoms with Gasteiger partial charge in [-0.05, 0) is 34.6 Å². The first-order valence-electron chi connectivity index (χ1n) is 5.43. The third-order valence-electron chi connectivity index (χ3n) is 2.61. The maximum Gasteiger partial charge on any atom is 0.438 e. The molecule has 94 valence electrons. The van der Waals surface area contributed by atoms with Crippen LogP contribution in [0.15, 0.2) is 33.6 Å². The molecule has 0 aliphatic carbocycles. The summed E-state index contributed by atoms with van der Waals surface area (Å²) in [5.74, 6) is -0.385. The predicted molar refractivity (Wildman–Crippen MR) is 61.5 cm³/mol. The van der Waals surface area contributed by atoms with Crippen molar-refractivity contribution >= 4 is 5.78 Å². The van der Waals surface area contributed by atoms with Gasteiger partial charge in [0, 0.05) is 19.1 Å². The summed E-state index contributed by atoms with van der Waals surface area (Å²) in [5, 5.41) is 11.8. The summed E-state index contributed by atoms with van der Waals surface area (Å²) < 4.78 is 5.88. The number of hydrogen-bond acceptors (Lipinski definition) is 4. The quantitative estimate of drug-likeness (QED) is 0.612. The van der Waals surface area contributed by atoms with E-state index in [0.29, 0.717) is 5.69 Å². The number of H-pyrrole nitrogens is 1. The molecule has 6 heteroatoms. The van der Waals surface area contributed by atoms with Gasteiger partial charge in [-0.1, -0.05) is 0 Å². The highest BCUT2D eigenvalue weighted by molar-refractivity contribution is 5.90. The van der Waals surface area contributed by atoms with Crippen LogP contribution in [-0.2, 0) is 0 Å². The summed E-state index contributed by atoms with van der Waals surface area (Å²) in [6, 6.07) is 6.78. The van der Waals surface area contributed by atoms with Gasteiger partial charge < -0.3 is 5.11 Å². The van der Waals surface area contributed by atoms with E-state index in [9.17, 15) is 14.7 Å². The minimum atomic E-state index is -0.706. The number of aliphatic hydroxyl groups is 1. The average Bonchev–Trinajstić information content (AvgIpc) is 2.71. The molecule has 1 aromatic carbocycles. The molecular formula is C12H13N2O4+. The molecule has 1 unspecified atom stereocenters. The first-order valence-corrected chi connectivity index (χ1v) is 5.43. The van der Waals surface area contributed by atoms with Gasteiger partial charge in [-0.25, -0.2) is 4.79 Å². The lowest BCUT2D eigenvalue weighted by molar-refractivity contribution is -0.672. The Bertz CT molecular complexity index is 622. The van der Waals surface area contributed by atoms with Crippen molar-refractivity contribution in [3.05, 3.63) is 45.9 Å². The van der Waals surface area contributed by atoms with E-state index in [2.05, 4.69) is 9.79 Å². The fourth-order valence-electron chi connectivity index (χ4n) is 1.66. The first kappa shape index (κ1) is 12.3. The zero-order valence-corrected chi connectivity index (χ0v) is 10.0. The minimum Gasteiger partial charge on any atom is -0.389 e. The van der Waals surface area contributed by atoms with Crippen molar-refractivity contribution in [2.75, 3.05) is 0 Å². The molecule has 1 heterocycles. The molecule has 0 radical (unpaired) electrons. The summed E-state index contributed by atoms with van der Waals surface area (Å²) in [5.41, 5.74) is 0.548. The molecule has 2 rings (SSSR count). The van der Waals surface area contributed by atoms with E-state index in [1.54, 1.807) is 31.2 Å². The van der Waals surface area contributed by atoms with Crippen molar-refractivity contribution in [3.63, 3.8) is 0 Å². The Balaban J connectivity index is 2.49. The Kier molecular flexibility index (Phi) is 3.12. The second kappa shape index (κ2) is 4.58. The van der Waals surface area contributed by atoms with Crippen LogP contribution in [0.25, 0.3) is 5.69 Å². The SMILES string of the molecule is CC(=O)c1c(=O)o[nH][n+]1-c1ccc(C(C)O)cc1. The van der Waals surface area contributed by atoms with Gasteiger partial charge >= 0.3 is 11.3 Å². The molecule has 1 atom stereocenters. The lowest BCUT2D eigenvalue weighted by Crippen LogP contribution is -2.40. The van der Waals surface area contributed by atoms with Gasteiger partial charge in [0.15, 0.2) is 0 Å². The number of aliphatic hydroxyl groups excluding tert-OH is 1. The van der Waals surface area contributed by atoms with Gasteiger partial charge in [-0.15, -0.1) is 0 Å². The van der Waals surface area contributed by atoms with E-state index in [1.807, 2.05) is 0 Å². The molecule has 0 aliphatic heterocycles. The third-order valence-corrected chi connectivity index (χ3v) is 2.61. The molecule has 6 nitrogen and oxygen atoms in total. The monoisotopic (exact) mass is 249 g/mol. The number of carbonyl (C=O) groups is 1. The van der Waals surface area contributed by atoms with Crippen LogP contribution in [0.2, 0.25) is 0 Å². The van der Waals surface area contributed by atoms with Gasteiger partial charge in [0.2, 0.25) is 11.5 Å². The van der Waals surface area contributed by atoms with Crippen LogP contribution in [0.1, 0.15) is 36.0 Å². The highest BCUT2D eigenvalue weighted by atomic mass is 16.5. The molecule has 0 saturated carbocycles. The molecule has 2 aromatic rings. The van der Waals surface area contributed by atoms with Crippen LogP contribution >= 0.6 is 0 Å². The van der Waals surface area contributed by atoms with E-state index in [0.717, 1.165) is 5.56 Å². The second-order valence-corrected chi connectivity index (χ2v) is 3.99. The smallest absolute Gasteiger partial charge is 0.389 e. The Morgan fingerprint density at radius 3 is 2.50 bits per heavy atom. The van der Waals surface area contributed by atoms with Crippen LogP contribution in [0.4, 0.5) is 0 Å². The molecule has 0 fully saturated rings. The predicted octanol–water partition coefficient (Wildman–Crippen LogP) is 0.500. The standard InChI is InChI=1S/C12H12N2O4/c1-7(15)9-3-5-10(6-4-9)14-11(8(2)16)12(17)18-13-14/h3-7,15H,1-2H3/p+1. The topological polar surface area (TPSA) is 87.2 Å². The van der Waals surface area contributed by atoms with Gasteiger partial charge in [0.25, 0.3) is 0 Å². The number of rotatable bonds is 3. The summed E-state index contributed by atoms with van der Waals surface area (Å²) in [6.45, 7) is 2.95. The summed E-state index contributed by atoms with van der Waals surface area (Å²) in [6.07, 6.45) is -0.570. The number of Topliss-reactive ketones (excluding diaryl/α,β-unsaturated/α-hetero) is 1. The van der Waals surface area contributed by atoms with E-state index in [4.69, 9.17) is 0 Å². The number of hydrogen-bond donors (Lipinski definition) is 2. The summed E-state index contributed by atoms with van der Waals surface area (Å²) >= 11 is 0. The normalized spacial score (nSPS) is 12.4. The zero-order chi connectivity index (χ0) is 13.3. The zero-order valence-electron chi connectivity index (χ0n) is 10.0. The van der Waals surface area contributed by atoms with Gasteiger partial charge in [-0.2, -0.15) is 0 Å². The average molecular weight is 249 g/mol. The summed E-state index contributed by atoms with van der Waals surface area (Å²) in [7, 11) is 0. The van der Waals surface area contributed by atoms with Gasteiger partial charge in [0.05, 0.1) is 6.10 Å². The maximum atomic E-state index is 11.4. The fraction of sp³-hybridized carbons (Fsp3) is 0.250. The van der Waals surface area contributed by atoms with Crippen LogP contribution in [-0.4, -0.2) is 16.2 Å². The largest absolute Gasteiger partial charge is 0.438 e. The van der Waals surface area contributed by atoms with E-state index >= 15 is 0 Å². The number of aromatic amines is 1. The number of nitrogens with one attached hydrogen (secondary N) is 1. The van der Waals surface area contributed by atoms with E-state index in [-0.39, 0.29) is 11.5 Å². The number of benzene rings is 1. The van der Waals surface area contributed by atoms with Crippen LogP contribution in [0.3, 0.4) is 0 Å². The van der Waals surface area contributed by atoms with Crippen molar-refractivity contribution in [1.29, 1.82) is 0 Å². The second-order valence-electron chi connectivity index (χ2n) is 3.99. The van der Waals surface area contributed by atoms with E-state index in [1.165, 1.54) is 11.6 Å². The lowest BCUT2D eigenvalue weighted by Gasteiger charge is -2.02. The minimum absolute atomic E-state index is 0.0696. The number of carbonyl (C=O) groups excluding carboxylic acids is 1. The molecule has 0 saturated heterocycles. The van der Waals surface area contributed by atoms with Crippen molar-refractivity contribution in [1.82, 2.24) is 5.27 Å². The maximum absolute atomic E-state index is 11.4. The summed E-state index contributed by atoms with van der Waals surface area (Å²) in [4.78, 5) is 22.7. The molecule has 0 spiro atoms. The molecule has 0 aliphatic rings. The fourth-order valence-corrected chi connectivity index (χ4v) is 1.66. The van der Waals surface area contributed by atoms with Gasteiger partial charge in [0.1, 0.15) is 0 Å². The Morgan fingerprint density at radius 2 is 2.00 bits per heavy atom. The molecule has 2 N–H and O–H groups in total. The molecular weight excluding hydrogens is 236 g/mol.